The van der Waals surface area contributed by atoms with E-state index in [-0.39, 0.29) is 18.6 Å². The molecule has 2 N–H and O–H groups in total. The highest BCUT2D eigenvalue weighted by molar-refractivity contribution is 5.81. The maximum absolute atomic E-state index is 12.1. The molecule has 7 heteroatoms. The van der Waals surface area contributed by atoms with Crippen molar-refractivity contribution in [1.82, 2.24) is 10.2 Å². The molecular formula is C13H20N2O5. The zero-order valence-corrected chi connectivity index (χ0v) is 11.8. The van der Waals surface area contributed by atoms with Crippen molar-refractivity contribution in [3.8, 4) is 0 Å². The van der Waals surface area contributed by atoms with Crippen molar-refractivity contribution in [3.63, 3.8) is 0 Å². The molecular weight excluding hydrogens is 264 g/mol. The number of nitrogens with one attached hydrogen (secondary N) is 1. The van der Waals surface area contributed by atoms with Crippen LogP contribution in [0.5, 0.6) is 0 Å². The molecule has 0 radical (unpaired) electrons. The van der Waals surface area contributed by atoms with Crippen LogP contribution in [-0.2, 0) is 14.3 Å². The highest BCUT2D eigenvalue weighted by atomic mass is 16.5. The highest BCUT2D eigenvalue weighted by Gasteiger charge is 2.28. The lowest BCUT2D eigenvalue weighted by Crippen LogP contribution is -2.49. The number of methoxy groups -OCH3 is 1. The second kappa shape index (κ2) is 6.93. The first-order chi connectivity index (χ1) is 9.35. The third-order valence-electron chi connectivity index (χ3n) is 3.12. The molecule has 0 saturated carbocycles. The van der Waals surface area contributed by atoms with Crippen LogP contribution in [0.15, 0.2) is 12.2 Å². The summed E-state index contributed by atoms with van der Waals surface area (Å²) in [4.78, 5) is 35.5. The number of aliphatic carboxylic acids is 1. The molecule has 1 aliphatic carbocycles. The van der Waals surface area contributed by atoms with E-state index in [1.165, 1.54) is 12.0 Å². The van der Waals surface area contributed by atoms with Crippen molar-refractivity contribution in [1.29, 1.82) is 0 Å². The molecule has 2 amide bonds. The van der Waals surface area contributed by atoms with Crippen LogP contribution in [0.4, 0.5) is 4.79 Å². The lowest BCUT2D eigenvalue weighted by Gasteiger charge is -2.27. The van der Waals surface area contributed by atoms with Crippen LogP contribution in [0.3, 0.4) is 0 Å². The molecule has 1 aliphatic rings. The van der Waals surface area contributed by atoms with Gasteiger partial charge in [0, 0.05) is 6.04 Å². The summed E-state index contributed by atoms with van der Waals surface area (Å²) < 4.78 is 4.55. The number of hydrogen-bond acceptors (Lipinski definition) is 4. The van der Waals surface area contributed by atoms with Gasteiger partial charge in [-0.2, -0.15) is 0 Å². The Morgan fingerprint density at radius 1 is 1.40 bits per heavy atom. The Morgan fingerprint density at radius 3 is 2.50 bits per heavy atom. The molecule has 0 saturated heterocycles. The molecule has 0 spiro atoms. The summed E-state index contributed by atoms with van der Waals surface area (Å²) >= 11 is 0. The number of ether oxygens (including phenoxy) is 1. The molecule has 0 aromatic carbocycles. The SMILES string of the molecule is COC(=O)CN(C(=O)NC1C=CC(C(=O)O)C1)C(C)C. The van der Waals surface area contributed by atoms with Crippen molar-refractivity contribution < 1.29 is 24.2 Å². The van der Waals surface area contributed by atoms with Crippen LogP contribution in [-0.4, -0.2) is 53.7 Å². The Bertz CT molecular complexity index is 419. The minimum absolute atomic E-state index is 0.140. The Labute approximate surface area is 117 Å². The van der Waals surface area contributed by atoms with Crippen molar-refractivity contribution in [3.05, 3.63) is 12.2 Å². The summed E-state index contributed by atoms with van der Waals surface area (Å²) in [5.41, 5.74) is 0. The Kier molecular flexibility index (Phi) is 5.54. The third-order valence-corrected chi connectivity index (χ3v) is 3.12. The highest BCUT2D eigenvalue weighted by Crippen LogP contribution is 2.18. The summed E-state index contributed by atoms with van der Waals surface area (Å²) in [6.07, 6.45) is 3.55. The molecule has 112 valence electrons. The van der Waals surface area contributed by atoms with Crippen LogP contribution >= 0.6 is 0 Å². The van der Waals surface area contributed by atoms with Crippen LogP contribution < -0.4 is 5.32 Å². The average molecular weight is 284 g/mol. The van der Waals surface area contributed by atoms with E-state index in [0.717, 1.165) is 0 Å². The quantitative estimate of drug-likeness (QED) is 0.569. The maximum atomic E-state index is 12.1. The van der Waals surface area contributed by atoms with E-state index in [9.17, 15) is 14.4 Å². The van der Waals surface area contributed by atoms with Gasteiger partial charge in [0.1, 0.15) is 6.54 Å². The van der Waals surface area contributed by atoms with Gasteiger partial charge in [0.2, 0.25) is 0 Å². The van der Waals surface area contributed by atoms with E-state index in [1.54, 1.807) is 26.0 Å². The molecule has 0 aromatic rings. The van der Waals surface area contributed by atoms with Crippen molar-refractivity contribution in [2.75, 3.05) is 13.7 Å². The molecule has 0 bridgehead atoms. The van der Waals surface area contributed by atoms with Crippen LogP contribution in [0.2, 0.25) is 0 Å². The van der Waals surface area contributed by atoms with Gasteiger partial charge in [-0.25, -0.2) is 4.79 Å². The number of hydrogen-bond donors (Lipinski definition) is 2. The van der Waals surface area contributed by atoms with Crippen molar-refractivity contribution >= 4 is 18.0 Å². The molecule has 0 fully saturated rings. The predicted molar refractivity (Wildman–Crippen MR) is 71.1 cm³/mol. The van der Waals surface area contributed by atoms with Gasteiger partial charge >= 0.3 is 18.0 Å². The topological polar surface area (TPSA) is 95.9 Å². The van der Waals surface area contributed by atoms with Crippen molar-refractivity contribution in [2.24, 2.45) is 5.92 Å². The first-order valence-electron chi connectivity index (χ1n) is 6.40. The van der Waals surface area contributed by atoms with Crippen LogP contribution in [0, 0.1) is 5.92 Å². The number of carbonyl (C=O) groups excluding carboxylic acids is 2. The lowest BCUT2D eigenvalue weighted by molar-refractivity contribution is -0.141. The van der Waals surface area contributed by atoms with E-state index >= 15 is 0 Å². The molecule has 2 unspecified atom stereocenters. The lowest BCUT2D eigenvalue weighted by atomic mass is 10.1. The van der Waals surface area contributed by atoms with E-state index in [1.807, 2.05) is 0 Å². The fraction of sp³-hybridized carbons (Fsp3) is 0.615. The number of esters is 1. The number of rotatable bonds is 5. The van der Waals surface area contributed by atoms with Crippen LogP contribution in [0.25, 0.3) is 0 Å². The number of urea groups is 1. The Hall–Kier alpha value is -2.05. The van der Waals surface area contributed by atoms with E-state index in [4.69, 9.17) is 5.11 Å². The second-order valence-corrected chi connectivity index (χ2v) is 4.92. The molecule has 20 heavy (non-hydrogen) atoms. The monoisotopic (exact) mass is 284 g/mol. The second-order valence-electron chi connectivity index (χ2n) is 4.92. The molecule has 0 heterocycles. The van der Waals surface area contributed by atoms with E-state index < -0.39 is 23.9 Å². The number of carbonyl (C=O) groups is 3. The summed E-state index contributed by atoms with van der Waals surface area (Å²) in [6, 6.07) is -0.914. The van der Waals surface area contributed by atoms with E-state index in [0.29, 0.717) is 6.42 Å². The first kappa shape index (κ1) is 16.0. The zero-order chi connectivity index (χ0) is 15.3. The molecule has 0 aliphatic heterocycles. The van der Waals surface area contributed by atoms with Crippen molar-refractivity contribution in [2.45, 2.75) is 32.4 Å². The first-order valence-corrected chi connectivity index (χ1v) is 6.40. The van der Waals surface area contributed by atoms with Gasteiger partial charge in [-0.1, -0.05) is 12.2 Å². The van der Waals surface area contributed by atoms with Crippen LogP contribution in [0.1, 0.15) is 20.3 Å². The standard InChI is InChI=1S/C13H20N2O5/c1-8(2)15(7-11(16)20-3)13(19)14-10-5-4-9(6-10)12(17)18/h4-5,8-10H,6-7H2,1-3H3,(H,14,19)(H,17,18). The Morgan fingerprint density at radius 2 is 2.05 bits per heavy atom. The smallest absolute Gasteiger partial charge is 0.325 e. The number of carboxylic acid groups (broad SMARTS) is 1. The summed E-state index contributed by atoms with van der Waals surface area (Å²) in [7, 11) is 1.26. The number of carboxylic acids is 1. The fourth-order valence-corrected chi connectivity index (χ4v) is 1.92. The summed E-state index contributed by atoms with van der Waals surface area (Å²) in [5, 5.41) is 11.6. The molecule has 7 nitrogen and oxygen atoms in total. The van der Waals surface area contributed by atoms with E-state index in [2.05, 4.69) is 10.1 Å². The largest absolute Gasteiger partial charge is 0.481 e. The fourth-order valence-electron chi connectivity index (χ4n) is 1.92. The Balaban J connectivity index is 2.57. The normalized spacial score (nSPS) is 20.8. The molecule has 1 rings (SSSR count). The average Bonchev–Trinajstić information content (AvgIpc) is 2.83. The minimum Gasteiger partial charge on any atom is -0.481 e. The zero-order valence-electron chi connectivity index (χ0n) is 11.8. The minimum atomic E-state index is -0.909. The molecule has 2 atom stereocenters. The van der Waals surface area contributed by atoms with Gasteiger partial charge in [0.15, 0.2) is 0 Å². The summed E-state index contributed by atoms with van der Waals surface area (Å²) in [6.45, 7) is 3.43. The number of amides is 2. The summed E-state index contributed by atoms with van der Waals surface area (Å²) in [5.74, 6) is -1.99. The van der Waals surface area contributed by atoms with Gasteiger partial charge in [-0.15, -0.1) is 0 Å². The maximum Gasteiger partial charge on any atom is 0.325 e. The molecule has 0 aromatic heterocycles. The van der Waals surface area contributed by atoms with Gasteiger partial charge in [0.05, 0.1) is 19.1 Å². The van der Waals surface area contributed by atoms with Gasteiger partial charge < -0.3 is 20.1 Å². The third kappa shape index (κ3) is 4.25. The predicted octanol–water partition coefficient (Wildman–Crippen LogP) is 0.609. The van der Waals surface area contributed by atoms with Gasteiger partial charge in [-0.3, -0.25) is 9.59 Å². The van der Waals surface area contributed by atoms with Gasteiger partial charge in [-0.05, 0) is 20.3 Å². The van der Waals surface area contributed by atoms with Gasteiger partial charge in [0.25, 0.3) is 0 Å². The number of nitrogens with zero attached hydrogens (tertiary/aromatic N) is 1.